The highest BCUT2D eigenvalue weighted by molar-refractivity contribution is 5.68. The zero-order chi connectivity index (χ0) is 13.4. The van der Waals surface area contributed by atoms with Crippen LogP contribution in [0.25, 0.3) is 17.0 Å². The summed E-state index contributed by atoms with van der Waals surface area (Å²) in [7, 11) is 0. The molecule has 0 aliphatic rings. The number of nitro groups is 1. The van der Waals surface area contributed by atoms with Crippen molar-refractivity contribution in [2.45, 2.75) is 0 Å². The fraction of sp³-hybridized carbons (Fsp3) is 0. The largest absolute Gasteiger partial charge is 0.396 e. The molecule has 3 rings (SSSR count). The van der Waals surface area contributed by atoms with E-state index in [1.165, 1.54) is 12.1 Å². The van der Waals surface area contributed by atoms with E-state index < -0.39 is 4.92 Å². The SMILES string of the molecule is Nc1cccn2nc(-c3cccc([N+](=O)[O-])c3)nc12. The lowest BCUT2D eigenvalue weighted by atomic mass is 10.2. The number of non-ortho nitro benzene ring substituents is 1. The van der Waals surface area contributed by atoms with E-state index >= 15 is 0 Å². The summed E-state index contributed by atoms with van der Waals surface area (Å²) < 4.78 is 1.55. The molecule has 2 aromatic heterocycles. The van der Waals surface area contributed by atoms with Crippen molar-refractivity contribution in [3.8, 4) is 11.4 Å². The molecule has 0 bridgehead atoms. The molecule has 0 unspecified atom stereocenters. The molecule has 0 aliphatic heterocycles. The van der Waals surface area contributed by atoms with Crippen LogP contribution in [0.3, 0.4) is 0 Å². The Hall–Kier alpha value is -2.96. The van der Waals surface area contributed by atoms with E-state index in [9.17, 15) is 10.1 Å². The Bertz CT molecular complexity index is 781. The van der Waals surface area contributed by atoms with Crippen molar-refractivity contribution >= 4 is 17.0 Å². The maximum Gasteiger partial charge on any atom is 0.270 e. The van der Waals surface area contributed by atoms with Gasteiger partial charge in [-0.15, -0.1) is 5.10 Å². The minimum atomic E-state index is -0.451. The average Bonchev–Trinajstić information content (AvgIpc) is 2.84. The van der Waals surface area contributed by atoms with Gasteiger partial charge in [-0.05, 0) is 12.1 Å². The van der Waals surface area contributed by atoms with Crippen LogP contribution in [0.1, 0.15) is 0 Å². The van der Waals surface area contributed by atoms with Crippen molar-refractivity contribution in [3.05, 3.63) is 52.7 Å². The van der Waals surface area contributed by atoms with Crippen molar-refractivity contribution in [2.24, 2.45) is 0 Å². The van der Waals surface area contributed by atoms with E-state index in [2.05, 4.69) is 10.1 Å². The molecule has 0 aliphatic carbocycles. The Kier molecular flexibility index (Phi) is 2.38. The highest BCUT2D eigenvalue weighted by Gasteiger charge is 2.12. The third-order valence-corrected chi connectivity index (χ3v) is 2.71. The second-order valence-corrected chi connectivity index (χ2v) is 3.97. The van der Waals surface area contributed by atoms with Crippen LogP contribution in [0.5, 0.6) is 0 Å². The number of nitro benzene ring substituents is 1. The van der Waals surface area contributed by atoms with Crippen molar-refractivity contribution in [2.75, 3.05) is 5.73 Å². The molecule has 0 saturated carbocycles. The Morgan fingerprint density at radius 2 is 2.11 bits per heavy atom. The minimum Gasteiger partial charge on any atom is -0.396 e. The van der Waals surface area contributed by atoms with Crippen molar-refractivity contribution in [3.63, 3.8) is 0 Å². The minimum absolute atomic E-state index is 0.00401. The first-order chi connectivity index (χ1) is 9.15. The van der Waals surface area contributed by atoms with E-state index in [0.717, 1.165) is 0 Å². The predicted molar refractivity (Wildman–Crippen MR) is 69.5 cm³/mol. The first kappa shape index (κ1) is 11.1. The lowest BCUT2D eigenvalue weighted by molar-refractivity contribution is -0.384. The molecular formula is C12H9N5O2. The quantitative estimate of drug-likeness (QED) is 0.556. The van der Waals surface area contributed by atoms with Crippen LogP contribution in [0, 0.1) is 10.1 Å². The van der Waals surface area contributed by atoms with Crippen LogP contribution in [0.15, 0.2) is 42.6 Å². The zero-order valence-corrected chi connectivity index (χ0v) is 9.72. The first-order valence-electron chi connectivity index (χ1n) is 5.51. The number of anilines is 1. The standard InChI is InChI=1S/C12H9N5O2/c13-10-5-2-6-16-12(10)14-11(15-16)8-3-1-4-9(7-8)17(18)19/h1-7H,13H2. The van der Waals surface area contributed by atoms with Gasteiger partial charge in [0.1, 0.15) is 0 Å². The van der Waals surface area contributed by atoms with Gasteiger partial charge in [-0.3, -0.25) is 10.1 Å². The Morgan fingerprint density at radius 3 is 2.84 bits per heavy atom. The lowest BCUT2D eigenvalue weighted by Gasteiger charge is -1.94. The van der Waals surface area contributed by atoms with E-state index in [0.29, 0.717) is 22.7 Å². The highest BCUT2D eigenvalue weighted by Crippen LogP contribution is 2.22. The van der Waals surface area contributed by atoms with Crippen LogP contribution in [-0.4, -0.2) is 19.5 Å². The predicted octanol–water partition coefficient (Wildman–Crippen LogP) is 1.89. The van der Waals surface area contributed by atoms with Gasteiger partial charge in [0.2, 0.25) is 0 Å². The van der Waals surface area contributed by atoms with E-state index in [-0.39, 0.29) is 5.69 Å². The molecule has 0 radical (unpaired) electrons. The summed E-state index contributed by atoms with van der Waals surface area (Å²) in [6.45, 7) is 0. The number of rotatable bonds is 2. The summed E-state index contributed by atoms with van der Waals surface area (Å²) in [4.78, 5) is 14.6. The molecule has 94 valence electrons. The molecule has 0 fully saturated rings. The van der Waals surface area contributed by atoms with Gasteiger partial charge >= 0.3 is 0 Å². The lowest BCUT2D eigenvalue weighted by Crippen LogP contribution is -1.92. The number of nitrogen functional groups attached to an aromatic ring is 1. The van der Waals surface area contributed by atoms with Crippen LogP contribution in [-0.2, 0) is 0 Å². The molecule has 7 nitrogen and oxygen atoms in total. The fourth-order valence-corrected chi connectivity index (χ4v) is 1.81. The molecular weight excluding hydrogens is 246 g/mol. The Labute approximate surface area is 107 Å². The number of benzene rings is 1. The Balaban J connectivity index is 2.16. The molecule has 7 heteroatoms. The summed E-state index contributed by atoms with van der Waals surface area (Å²) in [5.41, 5.74) is 7.42. The van der Waals surface area contributed by atoms with E-state index in [1.807, 2.05) is 0 Å². The van der Waals surface area contributed by atoms with Gasteiger partial charge in [0, 0.05) is 23.9 Å². The number of nitrogens with two attached hydrogens (primary N) is 1. The zero-order valence-electron chi connectivity index (χ0n) is 9.72. The highest BCUT2D eigenvalue weighted by atomic mass is 16.6. The summed E-state index contributed by atoms with van der Waals surface area (Å²) in [6.07, 6.45) is 1.72. The van der Waals surface area contributed by atoms with Gasteiger partial charge in [-0.1, -0.05) is 12.1 Å². The monoisotopic (exact) mass is 255 g/mol. The molecule has 2 heterocycles. The van der Waals surface area contributed by atoms with Crippen LogP contribution >= 0.6 is 0 Å². The smallest absolute Gasteiger partial charge is 0.270 e. The third-order valence-electron chi connectivity index (χ3n) is 2.71. The second-order valence-electron chi connectivity index (χ2n) is 3.97. The number of hydrogen-bond donors (Lipinski definition) is 1. The van der Waals surface area contributed by atoms with Crippen LogP contribution < -0.4 is 5.73 Å². The van der Waals surface area contributed by atoms with Gasteiger partial charge in [-0.25, -0.2) is 9.50 Å². The summed E-state index contributed by atoms with van der Waals surface area (Å²) in [6, 6.07) is 9.66. The molecule has 0 amide bonds. The summed E-state index contributed by atoms with van der Waals surface area (Å²) in [5.74, 6) is 0.404. The normalized spacial score (nSPS) is 10.7. The number of aromatic nitrogens is 3. The first-order valence-corrected chi connectivity index (χ1v) is 5.51. The van der Waals surface area contributed by atoms with Crippen molar-refractivity contribution in [1.29, 1.82) is 0 Å². The second kappa shape index (κ2) is 4.05. The molecule has 0 atom stereocenters. The van der Waals surface area contributed by atoms with Gasteiger partial charge in [0.05, 0.1) is 10.6 Å². The molecule has 0 spiro atoms. The van der Waals surface area contributed by atoms with Gasteiger partial charge < -0.3 is 5.73 Å². The van der Waals surface area contributed by atoms with Gasteiger partial charge in [0.15, 0.2) is 11.5 Å². The average molecular weight is 255 g/mol. The molecule has 2 N–H and O–H groups in total. The summed E-state index contributed by atoms with van der Waals surface area (Å²) in [5, 5.41) is 15.0. The van der Waals surface area contributed by atoms with Crippen LogP contribution in [0.4, 0.5) is 11.4 Å². The molecule has 0 saturated heterocycles. The fourth-order valence-electron chi connectivity index (χ4n) is 1.81. The summed E-state index contributed by atoms with van der Waals surface area (Å²) >= 11 is 0. The molecule has 3 aromatic rings. The van der Waals surface area contributed by atoms with Crippen molar-refractivity contribution < 1.29 is 4.92 Å². The van der Waals surface area contributed by atoms with Gasteiger partial charge in [-0.2, -0.15) is 0 Å². The maximum absolute atomic E-state index is 10.8. The van der Waals surface area contributed by atoms with E-state index in [4.69, 9.17) is 5.73 Å². The maximum atomic E-state index is 10.8. The van der Waals surface area contributed by atoms with Gasteiger partial charge in [0.25, 0.3) is 5.69 Å². The number of hydrogen-bond acceptors (Lipinski definition) is 5. The topological polar surface area (TPSA) is 99.3 Å². The van der Waals surface area contributed by atoms with E-state index in [1.54, 1.807) is 35.0 Å². The van der Waals surface area contributed by atoms with Crippen molar-refractivity contribution in [1.82, 2.24) is 14.6 Å². The number of fused-ring (bicyclic) bond motifs is 1. The third kappa shape index (κ3) is 1.86. The van der Waals surface area contributed by atoms with Crippen LogP contribution in [0.2, 0.25) is 0 Å². The Morgan fingerprint density at radius 1 is 1.26 bits per heavy atom. The number of pyridine rings is 1. The number of nitrogens with zero attached hydrogens (tertiary/aromatic N) is 4. The molecule has 1 aromatic carbocycles. The molecule has 19 heavy (non-hydrogen) atoms.